The van der Waals surface area contributed by atoms with Crippen molar-refractivity contribution in [2.75, 3.05) is 0 Å². The van der Waals surface area contributed by atoms with Gasteiger partial charge in [0.05, 0.1) is 11.5 Å². The molecule has 3 rings (SSSR count). The third-order valence-electron chi connectivity index (χ3n) is 4.62. The number of fused-ring (bicyclic) bond motifs is 1. The highest BCUT2D eigenvalue weighted by Crippen LogP contribution is 2.32. The zero-order valence-electron chi connectivity index (χ0n) is 13.3. The van der Waals surface area contributed by atoms with Crippen LogP contribution in [0.2, 0.25) is 0 Å². The maximum atomic E-state index is 12.8. The maximum Gasteiger partial charge on any atom is 0.228 e. The van der Waals surface area contributed by atoms with E-state index in [9.17, 15) is 4.79 Å². The molecule has 0 fully saturated rings. The van der Waals surface area contributed by atoms with Gasteiger partial charge in [0.2, 0.25) is 5.91 Å². The summed E-state index contributed by atoms with van der Waals surface area (Å²) in [7, 11) is 0. The summed E-state index contributed by atoms with van der Waals surface area (Å²) in [6, 6.07) is 18.5. The molecule has 22 heavy (non-hydrogen) atoms. The van der Waals surface area contributed by atoms with Crippen LogP contribution in [0.3, 0.4) is 0 Å². The Morgan fingerprint density at radius 2 is 1.73 bits per heavy atom. The third-order valence-corrected chi connectivity index (χ3v) is 4.62. The van der Waals surface area contributed by atoms with Crippen molar-refractivity contribution < 1.29 is 4.79 Å². The number of aryl methyl sites for hydroxylation is 1. The van der Waals surface area contributed by atoms with E-state index in [-0.39, 0.29) is 17.4 Å². The minimum atomic E-state index is -0.356. The van der Waals surface area contributed by atoms with Crippen LogP contribution in [-0.4, -0.2) is 5.91 Å². The smallest absolute Gasteiger partial charge is 0.228 e. The van der Waals surface area contributed by atoms with E-state index in [1.807, 2.05) is 24.3 Å². The quantitative estimate of drug-likeness (QED) is 0.904. The number of carbonyl (C=O) groups is 1. The van der Waals surface area contributed by atoms with Crippen molar-refractivity contribution in [1.29, 1.82) is 0 Å². The molecular weight excluding hydrogens is 270 g/mol. The molecule has 0 heterocycles. The van der Waals surface area contributed by atoms with E-state index in [0.717, 1.165) is 24.8 Å². The molecule has 0 aromatic heterocycles. The highest BCUT2D eigenvalue weighted by atomic mass is 16.2. The van der Waals surface area contributed by atoms with Crippen molar-refractivity contribution in [1.82, 2.24) is 5.32 Å². The van der Waals surface area contributed by atoms with Gasteiger partial charge < -0.3 is 5.32 Å². The highest BCUT2D eigenvalue weighted by Gasteiger charge is 2.30. The van der Waals surface area contributed by atoms with Gasteiger partial charge in [0.1, 0.15) is 0 Å². The van der Waals surface area contributed by atoms with Crippen molar-refractivity contribution >= 4 is 5.91 Å². The Kier molecular flexibility index (Phi) is 4.02. The van der Waals surface area contributed by atoms with Crippen molar-refractivity contribution in [2.45, 2.75) is 44.6 Å². The van der Waals surface area contributed by atoms with Crippen LogP contribution in [-0.2, 0) is 16.8 Å². The maximum absolute atomic E-state index is 12.8. The first-order chi connectivity index (χ1) is 10.6. The molecule has 0 aliphatic heterocycles. The Morgan fingerprint density at radius 3 is 2.50 bits per heavy atom. The zero-order valence-corrected chi connectivity index (χ0v) is 13.3. The van der Waals surface area contributed by atoms with Gasteiger partial charge in [-0.05, 0) is 49.8 Å². The summed E-state index contributed by atoms with van der Waals surface area (Å²) in [6.45, 7) is 4.13. The molecule has 2 aromatic rings. The molecular formula is C20H23NO. The molecule has 114 valence electrons. The number of benzene rings is 2. The lowest BCUT2D eigenvalue weighted by molar-refractivity contribution is -0.124. The van der Waals surface area contributed by atoms with Crippen LogP contribution in [0.25, 0.3) is 0 Å². The molecule has 2 aromatic carbocycles. The van der Waals surface area contributed by atoms with Gasteiger partial charge in [-0.1, -0.05) is 54.6 Å². The number of hydrogen-bond donors (Lipinski definition) is 1. The van der Waals surface area contributed by atoms with Crippen molar-refractivity contribution in [3.8, 4) is 0 Å². The lowest BCUT2D eigenvalue weighted by atomic mass is 9.81. The molecule has 1 aliphatic rings. The molecule has 2 nitrogen and oxygen atoms in total. The Labute approximate surface area is 132 Å². The van der Waals surface area contributed by atoms with E-state index in [2.05, 4.69) is 49.5 Å². The fraction of sp³-hybridized carbons (Fsp3) is 0.350. The zero-order chi connectivity index (χ0) is 15.6. The van der Waals surface area contributed by atoms with E-state index in [1.54, 1.807) is 0 Å². The second-order valence-corrected chi connectivity index (χ2v) is 6.62. The normalized spacial score (nSPS) is 17.6. The molecule has 1 atom stereocenters. The molecule has 1 unspecified atom stereocenters. The van der Waals surface area contributed by atoms with Crippen LogP contribution >= 0.6 is 0 Å². The summed E-state index contributed by atoms with van der Waals surface area (Å²) in [4.78, 5) is 12.8. The monoisotopic (exact) mass is 293 g/mol. The number of amides is 1. The molecule has 1 amide bonds. The molecule has 0 radical (unpaired) electrons. The van der Waals surface area contributed by atoms with Crippen molar-refractivity contribution in [2.24, 2.45) is 0 Å². The molecule has 2 heteroatoms. The second-order valence-electron chi connectivity index (χ2n) is 6.62. The van der Waals surface area contributed by atoms with E-state index in [0.29, 0.717) is 0 Å². The summed E-state index contributed by atoms with van der Waals surface area (Å²) in [5, 5.41) is 3.24. The van der Waals surface area contributed by atoms with E-state index < -0.39 is 0 Å². The van der Waals surface area contributed by atoms with Crippen LogP contribution in [0.15, 0.2) is 54.6 Å². The summed E-state index contributed by atoms with van der Waals surface area (Å²) in [6.07, 6.45) is 3.11. The molecule has 1 N–H and O–H groups in total. The van der Waals surface area contributed by atoms with E-state index >= 15 is 0 Å². The van der Waals surface area contributed by atoms with Crippen molar-refractivity contribution in [3.05, 3.63) is 71.3 Å². The summed E-state index contributed by atoms with van der Waals surface area (Å²) in [5.41, 5.74) is 3.30. The first-order valence-corrected chi connectivity index (χ1v) is 8.03. The van der Waals surface area contributed by atoms with Gasteiger partial charge in [0.25, 0.3) is 0 Å². The summed E-state index contributed by atoms with van der Waals surface area (Å²) < 4.78 is 0. The van der Waals surface area contributed by atoms with Crippen LogP contribution < -0.4 is 5.32 Å². The molecule has 0 bridgehead atoms. The molecule has 1 aliphatic carbocycles. The predicted molar refractivity (Wildman–Crippen MR) is 89.7 cm³/mol. The fourth-order valence-electron chi connectivity index (χ4n) is 3.35. The van der Waals surface area contributed by atoms with E-state index in [1.165, 1.54) is 11.1 Å². The van der Waals surface area contributed by atoms with Gasteiger partial charge in [-0.25, -0.2) is 0 Å². The first-order valence-electron chi connectivity index (χ1n) is 8.03. The highest BCUT2D eigenvalue weighted by molar-refractivity contribution is 5.85. The van der Waals surface area contributed by atoms with Crippen LogP contribution in [0.1, 0.15) is 49.3 Å². The van der Waals surface area contributed by atoms with Gasteiger partial charge >= 0.3 is 0 Å². The largest absolute Gasteiger partial charge is 0.347 e. The van der Waals surface area contributed by atoms with Gasteiger partial charge in [-0.2, -0.15) is 0 Å². The van der Waals surface area contributed by atoms with Gasteiger partial charge in [0.15, 0.2) is 0 Å². The van der Waals surface area contributed by atoms with Gasteiger partial charge in [0, 0.05) is 0 Å². The lowest BCUT2D eigenvalue weighted by Gasteiger charge is -2.31. The number of carbonyl (C=O) groups excluding carboxylic acids is 1. The van der Waals surface area contributed by atoms with Crippen molar-refractivity contribution in [3.63, 3.8) is 0 Å². The van der Waals surface area contributed by atoms with Crippen LogP contribution in [0, 0.1) is 0 Å². The average molecular weight is 293 g/mol. The van der Waals surface area contributed by atoms with Crippen LogP contribution in [0.4, 0.5) is 0 Å². The first kappa shape index (κ1) is 14.8. The third kappa shape index (κ3) is 2.92. The molecule has 0 saturated carbocycles. The number of hydrogen-bond acceptors (Lipinski definition) is 1. The standard InChI is InChI=1S/C20H23NO/c1-20(2,16-11-4-3-5-12-16)21-19(22)18-14-8-10-15-9-6-7-13-17(15)18/h3-7,9,11-13,18H,8,10,14H2,1-2H3,(H,21,22). The van der Waals surface area contributed by atoms with Crippen LogP contribution in [0.5, 0.6) is 0 Å². The summed E-state index contributed by atoms with van der Waals surface area (Å²) >= 11 is 0. The average Bonchev–Trinajstić information content (AvgIpc) is 2.54. The SMILES string of the molecule is CC(C)(NC(=O)C1CCCc2ccccc21)c1ccccc1. The molecule has 0 saturated heterocycles. The van der Waals surface area contributed by atoms with Gasteiger partial charge in [-0.3, -0.25) is 4.79 Å². The predicted octanol–water partition coefficient (Wildman–Crippen LogP) is 4.16. The topological polar surface area (TPSA) is 29.1 Å². The number of nitrogens with one attached hydrogen (secondary N) is 1. The fourth-order valence-corrected chi connectivity index (χ4v) is 3.35. The second kappa shape index (κ2) is 5.96. The Morgan fingerprint density at radius 1 is 1.05 bits per heavy atom. The molecule has 0 spiro atoms. The summed E-state index contributed by atoms with van der Waals surface area (Å²) in [5.74, 6) is 0.119. The number of rotatable bonds is 3. The minimum Gasteiger partial charge on any atom is -0.347 e. The van der Waals surface area contributed by atoms with Gasteiger partial charge in [-0.15, -0.1) is 0 Å². The van der Waals surface area contributed by atoms with E-state index in [4.69, 9.17) is 0 Å². The Balaban J connectivity index is 1.81. The Hall–Kier alpha value is -2.09. The minimum absolute atomic E-state index is 0.0204. The lowest BCUT2D eigenvalue weighted by Crippen LogP contribution is -2.44. The Bertz CT molecular complexity index is 660.